The highest BCUT2D eigenvalue weighted by Gasteiger charge is 2.28. The number of aromatic nitrogens is 4. The van der Waals surface area contributed by atoms with Crippen LogP contribution in [0.3, 0.4) is 0 Å². The molecule has 0 fully saturated rings. The Kier molecular flexibility index (Phi) is 4.43. The van der Waals surface area contributed by atoms with Crippen molar-refractivity contribution in [2.45, 2.75) is 32.9 Å². The van der Waals surface area contributed by atoms with Gasteiger partial charge in [-0.25, -0.2) is 4.98 Å². The summed E-state index contributed by atoms with van der Waals surface area (Å²) in [5.74, 6) is 0.347. The lowest BCUT2D eigenvalue weighted by atomic mass is 10.1. The number of nitrogens with two attached hydrogens (primary N) is 1. The molecule has 0 atom stereocenters. The number of benzene rings is 1. The van der Waals surface area contributed by atoms with Crippen molar-refractivity contribution >= 4 is 11.7 Å². The van der Waals surface area contributed by atoms with Gasteiger partial charge in [-0.15, -0.1) is 0 Å². The van der Waals surface area contributed by atoms with Crippen molar-refractivity contribution in [3.05, 3.63) is 64.9 Å². The second-order valence-electron chi connectivity index (χ2n) is 7.01. The summed E-state index contributed by atoms with van der Waals surface area (Å²) >= 11 is 0. The fourth-order valence-electron chi connectivity index (χ4n) is 3.73. The van der Waals surface area contributed by atoms with Crippen LogP contribution in [0.4, 0.5) is 5.82 Å². The van der Waals surface area contributed by atoms with Gasteiger partial charge in [0.1, 0.15) is 11.4 Å². The molecular weight excluding hydrogens is 340 g/mol. The van der Waals surface area contributed by atoms with Crippen LogP contribution in [0.2, 0.25) is 0 Å². The number of hydrogen-bond acceptors (Lipinski definition) is 4. The van der Waals surface area contributed by atoms with Gasteiger partial charge in [-0.3, -0.25) is 9.48 Å². The Balaban J connectivity index is 1.48. The summed E-state index contributed by atoms with van der Waals surface area (Å²) in [6.45, 7) is 3.89. The number of anilines is 1. The molecule has 0 saturated carbocycles. The number of aryl methyl sites for hydroxylation is 4. The van der Waals surface area contributed by atoms with Gasteiger partial charge in [-0.1, -0.05) is 30.3 Å². The Morgan fingerprint density at radius 2 is 2.04 bits per heavy atom. The van der Waals surface area contributed by atoms with Crippen molar-refractivity contribution in [3.63, 3.8) is 0 Å². The number of nitrogen functional groups attached to an aromatic ring is 1. The third kappa shape index (κ3) is 3.20. The maximum absolute atomic E-state index is 12.9. The molecule has 3 heterocycles. The van der Waals surface area contributed by atoms with E-state index in [4.69, 9.17) is 5.73 Å². The number of fused-ring (bicyclic) bond motifs is 1. The molecule has 0 radical (unpaired) electrons. The molecule has 1 amide bonds. The lowest BCUT2D eigenvalue weighted by Crippen LogP contribution is -2.37. The number of nitrogens with zero attached hydrogens (tertiary/aromatic N) is 5. The highest BCUT2D eigenvalue weighted by molar-refractivity contribution is 5.99. The summed E-state index contributed by atoms with van der Waals surface area (Å²) in [6.07, 6.45) is 3.66. The Hall–Kier alpha value is -3.09. The summed E-state index contributed by atoms with van der Waals surface area (Å²) in [5.41, 5.74) is 10.7. The van der Waals surface area contributed by atoms with Gasteiger partial charge in [0.15, 0.2) is 0 Å². The first kappa shape index (κ1) is 17.3. The maximum Gasteiger partial charge on any atom is 0.259 e. The fourth-order valence-corrected chi connectivity index (χ4v) is 3.73. The van der Waals surface area contributed by atoms with Crippen molar-refractivity contribution in [3.8, 4) is 0 Å². The number of hydrogen-bond donors (Lipinski definition) is 1. The molecule has 0 spiro atoms. The number of amides is 1. The van der Waals surface area contributed by atoms with E-state index in [0.717, 1.165) is 25.1 Å². The highest BCUT2D eigenvalue weighted by atomic mass is 16.2. The summed E-state index contributed by atoms with van der Waals surface area (Å²) < 4.78 is 3.77. The second kappa shape index (κ2) is 6.90. The zero-order valence-electron chi connectivity index (χ0n) is 15.7. The molecule has 7 heteroatoms. The molecule has 4 rings (SSSR count). The largest absolute Gasteiger partial charge is 0.383 e. The summed E-state index contributed by atoms with van der Waals surface area (Å²) in [6, 6.07) is 10.4. The van der Waals surface area contributed by atoms with Crippen LogP contribution < -0.4 is 5.73 Å². The maximum atomic E-state index is 12.9. The van der Waals surface area contributed by atoms with Crippen molar-refractivity contribution in [2.24, 2.45) is 7.05 Å². The van der Waals surface area contributed by atoms with E-state index in [-0.39, 0.29) is 5.91 Å². The van der Waals surface area contributed by atoms with Gasteiger partial charge in [-0.2, -0.15) is 5.10 Å². The molecule has 0 bridgehead atoms. The van der Waals surface area contributed by atoms with Gasteiger partial charge < -0.3 is 15.2 Å². The predicted octanol–water partition coefficient (Wildman–Crippen LogP) is 1.95. The van der Waals surface area contributed by atoms with Gasteiger partial charge in [0, 0.05) is 32.3 Å². The zero-order valence-corrected chi connectivity index (χ0v) is 15.7. The van der Waals surface area contributed by atoms with Gasteiger partial charge in [-0.05, 0) is 18.9 Å². The fraction of sp³-hybridized carbons (Fsp3) is 0.350. The normalized spacial score (nSPS) is 13.6. The van der Waals surface area contributed by atoms with Gasteiger partial charge >= 0.3 is 0 Å². The molecule has 1 aliphatic rings. The highest BCUT2D eigenvalue weighted by Crippen LogP contribution is 2.23. The number of carbonyl (C=O) groups excluding carboxylic acids is 1. The van der Waals surface area contributed by atoms with E-state index in [9.17, 15) is 4.79 Å². The van der Waals surface area contributed by atoms with E-state index in [1.807, 2.05) is 24.2 Å². The van der Waals surface area contributed by atoms with E-state index in [1.165, 1.54) is 11.3 Å². The van der Waals surface area contributed by atoms with Crippen LogP contribution >= 0.6 is 0 Å². The van der Waals surface area contributed by atoms with E-state index in [0.29, 0.717) is 30.2 Å². The van der Waals surface area contributed by atoms with Crippen molar-refractivity contribution < 1.29 is 4.79 Å². The average molecular weight is 364 g/mol. The summed E-state index contributed by atoms with van der Waals surface area (Å²) in [4.78, 5) is 19.3. The Morgan fingerprint density at radius 3 is 2.74 bits per heavy atom. The second-order valence-corrected chi connectivity index (χ2v) is 7.01. The van der Waals surface area contributed by atoms with Crippen LogP contribution in [0.15, 0.2) is 36.7 Å². The van der Waals surface area contributed by atoms with Crippen LogP contribution in [-0.4, -0.2) is 36.7 Å². The first-order valence-corrected chi connectivity index (χ1v) is 9.19. The topological polar surface area (TPSA) is 82.0 Å². The lowest BCUT2D eigenvalue weighted by Gasteiger charge is -2.27. The first-order chi connectivity index (χ1) is 13.0. The van der Waals surface area contributed by atoms with E-state index >= 15 is 0 Å². The molecule has 3 aromatic rings. The van der Waals surface area contributed by atoms with E-state index in [2.05, 4.69) is 38.9 Å². The Labute approximate surface area is 158 Å². The zero-order chi connectivity index (χ0) is 19.0. The SMILES string of the molecule is Cc1nn(C)c(N)c1C(=O)N1CCc2c(ncn2CCc2ccccc2)C1. The predicted molar refractivity (Wildman–Crippen MR) is 103 cm³/mol. The van der Waals surface area contributed by atoms with Crippen LogP contribution in [-0.2, 0) is 33.0 Å². The average Bonchev–Trinajstić information content (AvgIpc) is 3.20. The molecule has 1 aromatic carbocycles. The van der Waals surface area contributed by atoms with Crippen LogP contribution in [0.5, 0.6) is 0 Å². The molecular formula is C20H24N6O. The minimum Gasteiger partial charge on any atom is -0.383 e. The van der Waals surface area contributed by atoms with Crippen LogP contribution in [0, 0.1) is 6.92 Å². The van der Waals surface area contributed by atoms with Gasteiger partial charge in [0.25, 0.3) is 5.91 Å². The monoisotopic (exact) mass is 364 g/mol. The molecule has 2 N–H and O–H groups in total. The van der Waals surface area contributed by atoms with Crippen molar-refractivity contribution in [2.75, 3.05) is 12.3 Å². The minimum atomic E-state index is -0.0671. The third-order valence-corrected chi connectivity index (χ3v) is 5.24. The molecule has 27 heavy (non-hydrogen) atoms. The molecule has 2 aromatic heterocycles. The minimum absolute atomic E-state index is 0.0671. The molecule has 0 saturated heterocycles. The molecule has 1 aliphatic heterocycles. The molecule has 7 nitrogen and oxygen atoms in total. The van der Waals surface area contributed by atoms with Crippen molar-refractivity contribution in [1.82, 2.24) is 24.2 Å². The van der Waals surface area contributed by atoms with Gasteiger partial charge in [0.2, 0.25) is 0 Å². The number of imidazole rings is 1. The van der Waals surface area contributed by atoms with Gasteiger partial charge in [0.05, 0.1) is 24.3 Å². The molecule has 0 unspecified atom stereocenters. The van der Waals surface area contributed by atoms with Crippen LogP contribution in [0.1, 0.15) is 33.0 Å². The number of carbonyl (C=O) groups is 1. The lowest BCUT2D eigenvalue weighted by molar-refractivity contribution is 0.0731. The smallest absolute Gasteiger partial charge is 0.259 e. The molecule has 140 valence electrons. The quantitative estimate of drug-likeness (QED) is 0.767. The Morgan fingerprint density at radius 1 is 1.26 bits per heavy atom. The van der Waals surface area contributed by atoms with E-state index < -0.39 is 0 Å². The summed E-state index contributed by atoms with van der Waals surface area (Å²) in [7, 11) is 1.75. The first-order valence-electron chi connectivity index (χ1n) is 9.19. The van der Waals surface area contributed by atoms with Crippen LogP contribution in [0.25, 0.3) is 0 Å². The standard InChI is InChI=1S/C20H24N6O/c1-14-18(19(21)24(2)23-14)20(27)25-11-9-17-16(12-25)22-13-26(17)10-8-15-6-4-3-5-7-15/h3-7,13H,8-12,21H2,1-2H3. The van der Waals surface area contributed by atoms with Crippen molar-refractivity contribution in [1.29, 1.82) is 0 Å². The summed E-state index contributed by atoms with van der Waals surface area (Å²) in [5, 5.41) is 4.25. The Bertz CT molecular complexity index is 972. The number of rotatable bonds is 4. The van der Waals surface area contributed by atoms with E-state index in [1.54, 1.807) is 11.7 Å². The molecule has 0 aliphatic carbocycles. The third-order valence-electron chi connectivity index (χ3n) is 5.24.